The van der Waals surface area contributed by atoms with Crippen molar-refractivity contribution in [2.75, 3.05) is 0 Å². The fraction of sp³-hybridized carbons (Fsp3) is 0.417. The fourth-order valence-corrected chi connectivity index (χ4v) is 1.94. The number of rotatable bonds is 3. The zero-order valence-corrected chi connectivity index (χ0v) is 11.0. The molecule has 0 aliphatic heterocycles. The first-order valence-electron chi connectivity index (χ1n) is 4.99. The van der Waals surface area contributed by atoms with Crippen molar-refractivity contribution in [3.05, 3.63) is 34.1 Å². The molecule has 88 valence electrons. The molecule has 0 amide bonds. The van der Waals surface area contributed by atoms with Crippen LogP contribution in [0.4, 0.5) is 4.39 Å². The van der Waals surface area contributed by atoms with Gasteiger partial charge in [0.15, 0.2) is 0 Å². The number of carboxylic acid groups (broad SMARTS) is 1. The maximum atomic E-state index is 13.9. The monoisotopic (exact) mass is 288 g/mol. The third kappa shape index (κ3) is 1.98. The predicted molar refractivity (Wildman–Crippen MR) is 63.9 cm³/mol. The summed E-state index contributed by atoms with van der Waals surface area (Å²) in [7, 11) is 0. The Hall–Kier alpha value is -0.900. The van der Waals surface area contributed by atoms with E-state index in [1.807, 2.05) is 0 Å². The van der Waals surface area contributed by atoms with E-state index in [-0.39, 0.29) is 16.0 Å². The van der Waals surface area contributed by atoms with Crippen LogP contribution in [0.5, 0.6) is 0 Å². The molecule has 0 radical (unpaired) electrons. The van der Waals surface area contributed by atoms with E-state index in [4.69, 9.17) is 0 Å². The molecule has 0 saturated carbocycles. The summed E-state index contributed by atoms with van der Waals surface area (Å²) in [6, 6.07) is 4.72. The normalized spacial score (nSPS) is 14.9. The molecule has 0 spiro atoms. The summed E-state index contributed by atoms with van der Waals surface area (Å²) in [5, 5.41) is 9.29. The Morgan fingerprint density at radius 1 is 1.50 bits per heavy atom. The quantitative estimate of drug-likeness (QED) is 0.923. The average molecular weight is 289 g/mol. The number of hydrogen-bond acceptors (Lipinski definition) is 1. The summed E-state index contributed by atoms with van der Waals surface area (Å²) in [4.78, 5) is 11.3. The Kier molecular flexibility index (Phi) is 3.73. The Morgan fingerprint density at radius 2 is 2.06 bits per heavy atom. The van der Waals surface area contributed by atoms with Gasteiger partial charge < -0.3 is 5.11 Å². The SMILES string of the molecule is CC(C)C(C)(C(=O)O)c1cccc(Br)c1F. The fourth-order valence-electron chi connectivity index (χ4n) is 1.58. The van der Waals surface area contributed by atoms with Crippen LogP contribution >= 0.6 is 15.9 Å². The summed E-state index contributed by atoms with van der Waals surface area (Å²) in [6.45, 7) is 5.09. The molecule has 1 aromatic rings. The Bertz CT molecular complexity index is 417. The van der Waals surface area contributed by atoms with Crippen LogP contribution in [0.3, 0.4) is 0 Å². The van der Waals surface area contributed by atoms with Crippen molar-refractivity contribution < 1.29 is 14.3 Å². The van der Waals surface area contributed by atoms with Crippen molar-refractivity contribution >= 4 is 21.9 Å². The van der Waals surface area contributed by atoms with E-state index in [9.17, 15) is 14.3 Å². The lowest BCUT2D eigenvalue weighted by Gasteiger charge is -2.30. The lowest BCUT2D eigenvalue weighted by atomic mass is 9.73. The predicted octanol–water partition coefficient (Wildman–Crippen LogP) is 3.59. The first-order chi connectivity index (χ1) is 7.31. The van der Waals surface area contributed by atoms with Crippen LogP contribution in [0.15, 0.2) is 22.7 Å². The average Bonchev–Trinajstić information content (AvgIpc) is 2.20. The third-order valence-corrected chi connectivity index (χ3v) is 3.72. The molecule has 1 atom stereocenters. The first kappa shape index (κ1) is 13.2. The summed E-state index contributed by atoms with van der Waals surface area (Å²) in [5.74, 6) is -1.71. The van der Waals surface area contributed by atoms with Gasteiger partial charge in [-0.2, -0.15) is 0 Å². The molecule has 1 rings (SSSR count). The van der Waals surface area contributed by atoms with Gasteiger partial charge in [-0.05, 0) is 34.8 Å². The molecule has 0 heterocycles. The topological polar surface area (TPSA) is 37.3 Å². The highest BCUT2D eigenvalue weighted by Gasteiger charge is 2.40. The van der Waals surface area contributed by atoms with Crippen molar-refractivity contribution in [1.29, 1.82) is 0 Å². The van der Waals surface area contributed by atoms with Gasteiger partial charge in [-0.15, -0.1) is 0 Å². The molecule has 16 heavy (non-hydrogen) atoms. The van der Waals surface area contributed by atoms with Crippen molar-refractivity contribution in [2.24, 2.45) is 5.92 Å². The molecule has 0 aliphatic carbocycles. The van der Waals surface area contributed by atoms with Gasteiger partial charge in [0.25, 0.3) is 0 Å². The molecule has 2 nitrogen and oxygen atoms in total. The van der Waals surface area contributed by atoms with Gasteiger partial charge in [0.1, 0.15) is 5.82 Å². The summed E-state index contributed by atoms with van der Waals surface area (Å²) in [5.41, 5.74) is -1.00. The number of hydrogen-bond donors (Lipinski definition) is 1. The molecular formula is C12H14BrFO2. The minimum Gasteiger partial charge on any atom is -0.481 e. The van der Waals surface area contributed by atoms with Crippen LogP contribution in [0.1, 0.15) is 26.3 Å². The van der Waals surface area contributed by atoms with Gasteiger partial charge in [-0.1, -0.05) is 26.0 Å². The van der Waals surface area contributed by atoms with Crippen LogP contribution in [0, 0.1) is 11.7 Å². The number of aliphatic carboxylic acids is 1. The summed E-state index contributed by atoms with van der Waals surface area (Å²) < 4.78 is 14.2. The molecule has 0 fully saturated rings. The molecule has 0 saturated heterocycles. The molecule has 0 bridgehead atoms. The summed E-state index contributed by atoms with van der Waals surface area (Å²) >= 11 is 3.07. The maximum Gasteiger partial charge on any atom is 0.314 e. The van der Waals surface area contributed by atoms with Crippen LogP contribution in [0.25, 0.3) is 0 Å². The molecular weight excluding hydrogens is 275 g/mol. The lowest BCUT2D eigenvalue weighted by molar-refractivity contribution is -0.145. The molecule has 1 aromatic carbocycles. The van der Waals surface area contributed by atoms with Crippen LogP contribution < -0.4 is 0 Å². The van der Waals surface area contributed by atoms with E-state index in [0.29, 0.717) is 0 Å². The van der Waals surface area contributed by atoms with Gasteiger partial charge in [0, 0.05) is 5.56 Å². The second kappa shape index (κ2) is 4.53. The zero-order valence-electron chi connectivity index (χ0n) is 9.42. The van der Waals surface area contributed by atoms with Crippen molar-refractivity contribution in [3.8, 4) is 0 Å². The van der Waals surface area contributed by atoms with E-state index in [1.165, 1.54) is 6.07 Å². The molecule has 1 unspecified atom stereocenters. The number of carboxylic acids is 1. The third-order valence-electron chi connectivity index (χ3n) is 3.11. The van der Waals surface area contributed by atoms with Crippen molar-refractivity contribution in [3.63, 3.8) is 0 Å². The second-order valence-corrected chi connectivity index (χ2v) is 5.12. The maximum absolute atomic E-state index is 13.9. The Morgan fingerprint density at radius 3 is 2.50 bits per heavy atom. The molecule has 0 aliphatic rings. The van der Waals surface area contributed by atoms with Crippen LogP contribution in [-0.2, 0) is 10.2 Å². The smallest absolute Gasteiger partial charge is 0.314 e. The number of benzene rings is 1. The van der Waals surface area contributed by atoms with Gasteiger partial charge in [-0.3, -0.25) is 4.79 Å². The van der Waals surface area contributed by atoms with Gasteiger partial charge in [0.2, 0.25) is 0 Å². The van der Waals surface area contributed by atoms with Crippen LogP contribution in [0.2, 0.25) is 0 Å². The van der Waals surface area contributed by atoms with E-state index in [1.54, 1.807) is 32.9 Å². The summed E-state index contributed by atoms with van der Waals surface area (Å²) in [6.07, 6.45) is 0. The van der Waals surface area contributed by atoms with E-state index >= 15 is 0 Å². The minimum atomic E-state index is -1.21. The Balaban J connectivity index is 3.44. The highest BCUT2D eigenvalue weighted by Crippen LogP contribution is 2.36. The first-order valence-corrected chi connectivity index (χ1v) is 5.79. The van der Waals surface area contributed by atoms with Crippen molar-refractivity contribution in [1.82, 2.24) is 0 Å². The lowest BCUT2D eigenvalue weighted by Crippen LogP contribution is -2.38. The van der Waals surface area contributed by atoms with Crippen LogP contribution in [-0.4, -0.2) is 11.1 Å². The molecule has 1 N–H and O–H groups in total. The van der Waals surface area contributed by atoms with E-state index in [2.05, 4.69) is 15.9 Å². The highest BCUT2D eigenvalue weighted by atomic mass is 79.9. The number of carbonyl (C=O) groups is 1. The Labute approximate surface area is 103 Å². The van der Waals surface area contributed by atoms with E-state index < -0.39 is 17.2 Å². The molecule has 4 heteroatoms. The minimum absolute atomic E-state index is 0.200. The number of halogens is 2. The molecule has 0 aromatic heterocycles. The highest BCUT2D eigenvalue weighted by molar-refractivity contribution is 9.10. The standard InChI is InChI=1S/C12H14BrFO2/c1-7(2)12(3,11(15)16)8-5-4-6-9(13)10(8)14/h4-7H,1-3H3,(H,15,16). The van der Waals surface area contributed by atoms with E-state index in [0.717, 1.165) is 0 Å². The second-order valence-electron chi connectivity index (χ2n) is 4.26. The largest absolute Gasteiger partial charge is 0.481 e. The van der Waals surface area contributed by atoms with Crippen molar-refractivity contribution in [2.45, 2.75) is 26.2 Å². The zero-order chi connectivity index (χ0) is 12.5. The van der Waals surface area contributed by atoms with Gasteiger partial charge in [0.05, 0.1) is 9.89 Å². The van der Waals surface area contributed by atoms with Gasteiger partial charge >= 0.3 is 5.97 Å². The van der Waals surface area contributed by atoms with Gasteiger partial charge in [-0.25, -0.2) is 4.39 Å².